The van der Waals surface area contributed by atoms with Crippen LogP contribution in [0.1, 0.15) is 53.4 Å². The molecule has 0 fully saturated rings. The van der Waals surface area contributed by atoms with Gasteiger partial charge in [0.05, 0.1) is 16.8 Å². The average Bonchev–Trinajstić information content (AvgIpc) is 3.39. The van der Waals surface area contributed by atoms with Gasteiger partial charge in [-0.1, -0.05) is 74.2 Å². The van der Waals surface area contributed by atoms with Gasteiger partial charge in [-0.15, -0.1) is 23.6 Å². The number of nitrogens with zero attached hydrogens (tertiary/aromatic N) is 2. The van der Waals surface area contributed by atoms with E-state index in [1.165, 1.54) is 27.8 Å². The third-order valence-corrected chi connectivity index (χ3v) is 8.50. The third kappa shape index (κ3) is 4.97. The fourth-order valence-corrected chi connectivity index (χ4v) is 6.11. The fourth-order valence-electron chi connectivity index (χ4n) is 6.11. The summed E-state index contributed by atoms with van der Waals surface area (Å²) in [6.07, 6.45) is 6.73. The molecule has 0 aliphatic carbocycles. The zero-order valence-electron chi connectivity index (χ0n) is 24.4. The van der Waals surface area contributed by atoms with E-state index < -0.39 is 0 Å². The van der Waals surface area contributed by atoms with Crippen molar-refractivity contribution in [3.05, 3.63) is 84.8 Å². The first-order valence-electron chi connectivity index (χ1n) is 14.7. The molecule has 7 rings (SSSR count). The Balaban J connectivity index is 0.000000193. The van der Waals surface area contributed by atoms with Crippen LogP contribution < -0.4 is 0 Å². The molecule has 0 saturated carbocycles. The summed E-state index contributed by atoms with van der Waals surface area (Å²) in [6.45, 7) is 8.07. The molecule has 0 spiro atoms. The van der Waals surface area contributed by atoms with Gasteiger partial charge in [-0.25, -0.2) is 0 Å². The third-order valence-electron chi connectivity index (χ3n) is 8.50. The molecule has 3 aromatic carbocycles. The SMILES string of the molecule is CCC(CC)C(=O)/C=C(\O)C(CC)CC.[Ir].[c-]1c2ccccc2cc2c1c1nccc3oc4cccc5cc2n(c54)c31. The number of hydrogen-bond donors (Lipinski definition) is 1. The molecular formula is C36H35IrN2O3-. The molecule has 0 saturated heterocycles. The molecule has 1 N–H and O–H groups in total. The van der Waals surface area contributed by atoms with Crippen molar-refractivity contribution in [1.82, 2.24) is 9.38 Å². The molecule has 4 heterocycles. The van der Waals surface area contributed by atoms with E-state index in [2.05, 4.69) is 46.9 Å². The number of carbonyl (C=O) groups is 1. The van der Waals surface area contributed by atoms with E-state index in [1.807, 2.05) is 58.2 Å². The first kappa shape index (κ1) is 29.8. The molecule has 0 aliphatic rings. The molecular weight excluding hydrogens is 701 g/mol. The van der Waals surface area contributed by atoms with Crippen molar-refractivity contribution in [3.8, 4) is 0 Å². The van der Waals surface area contributed by atoms with Crippen LogP contribution >= 0.6 is 0 Å². The Morgan fingerprint density at radius 3 is 2.33 bits per heavy atom. The first-order valence-corrected chi connectivity index (χ1v) is 14.7. The molecule has 4 aromatic heterocycles. The maximum atomic E-state index is 11.7. The minimum absolute atomic E-state index is 0. The fraction of sp³-hybridized carbons (Fsp3) is 0.278. The number of aromatic nitrogens is 2. The van der Waals surface area contributed by atoms with Crippen LogP contribution in [-0.2, 0) is 24.9 Å². The van der Waals surface area contributed by atoms with Gasteiger partial charge in [0, 0.05) is 60.6 Å². The van der Waals surface area contributed by atoms with Crippen LogP contribution in [0.3, 0.4) is 0 Å². The molecule has 7 aromatic rings. The van der Waals surface area contributed by atoms with E-state index in [0.717, 1.165) is 64.2 Å². The molecule has 0 atom stereocenters. The maximum Gasteiger partial charge on any atom is 0.162 e. The number of ketones is 1. The summed E-state index contributed by atoms with van der Waals surface area (Å²) in [5, 5.41) is 15.4. The minimum Gasteiger partial charge on any atom is -0.512 e. The summed E-state index contributed by atoms with van der Waals surface area (Å²) in [6, 6.07) is 24.6. The van der Waals surface area contributed by atoms with Crippen LogP contribution in [-0.4, -0.2) is 20.3 Å². The smallest absolute Gasteiger partial charge is 0.162 e. The van der Waals surface area contributed by atoms with E-state index in [9.17, 15) is 9.90 Å². The predicted octanol–water partition coefficient (Wildman–Crippen LogP) is 9.80. The number of aliphatic hydroxyl groups excluding tert-OH is 1. The van der Waals surface area contributed by atoms with Crippen LogP contribution in [0.2, 0.25) is 0 Å². The van der Waals surface area contributed by atoms with Crippen molar-refractivity contribution in [2.24, 2.45) is 11.8 Å². The van der Waals surface area contributed by atoms with Crippen LogP contribution in [0.5, 0.6) is 0 Å². The number of aliphatic hydroxyl groups is 1. The summed E-state index contributed by atoms with van der Waals surface area (Å²) in [4.78, 5) is 16.4. The summed E-state index contributed by atoms with van der Waals surface area (Å²) in [7, 11) is 0. The van der Waals surface area contributed by atoms with Crippen LogP contribution in [0, 0.1) is 17.9 Å². The van der Waals surface area contributed by atoms with Crippen molar-refractivity contribution in [1.29, 1.82) is 0 Å². The minimum atomic E-state index is 0. The van der Waals surface area contributed by atoms with E-state index in [4.69, 9.17) is 9.40 Å². The van der Waals surface area contributed by atoms with Crippen molar-refractivity contribution in [2.45, 2.75) is 53.4 Å². The van der Waals surface area contributed by atoms with Crippen LogP contribution in [0.15, 0.2) is 83.1 Å². The second kappa shape index (κ2) is 12.2. The van der Waals surface area contributed by atoms with Crippen molar-refractivity contribution >= 4 is 65.9 Å². The first-order chi connectivity index (χ1) is 20.0. The standard InChI is InChI=1S/C23H11N2O.C13H24O2.Ir/c1-2-5-14-11-17-16(10-13(14)4-1)18-12-15-6-3-7-19-22(15)25(18)23-20(26-19)8-9-24-21(17)23;1-5-10(6-2)12(14)9-13(15)11(7-3)8-4;/h1-10,12H;9-11,14H,5-8H2,1-4H3;/q-1;;/b;12-9-;. The number of allylic oxidation sites excluding steroid dienone is 2. The molecule has 1 radical (unpaired) electrons. The van der Waals surface area contributed by atoms with Crippen LogP contribution in [0.25, 0.3) is 60.2 Å². The summed E-state index contributed by atoms with van der Waals surface area (Å²) < 4.78 is 8.51. The topological polar surface area (TPSA) is 67.7 Å². The Labute approximate surface area is 258 Å². The monoisotopic (exact) mass is 736 g/mol. The number of rotatable bonds is 7. The van der Waals surface area contributed by atoms with E-state index in [0.29, 0.717) is 0 Å². The summed E-state index contributed by atoms with van der Waals surface area (Å²) in [5.41, 5.74) is 5.99. The summed E-state index contributed by atoms with van der Waals surface area (Å²) in [5.74, 6) is 0.547. The number of para-hydroxylation sites is 1. The number of pyridine rings is 2. The predicted molar refractivity (Wildman–Crippen MR) is 169 cm³/mol. The van der Waals surface area contributed by atoms with Crippen LogP contribution in [0.4, 0.5) is 0 Å². The molecule has 0 unspecified atom stereocenters. The Hall–Kier alpha value is -3.73. The zero-order valence-corrected chi connectivity index (χ0v) is 26.8. The van der Waals surface area contributed by atoms with Gasteiger partial charge >= 0.3 is 0 Å². The summed E-state index contributed by atoms with van der Waals surface area (Å²) >= 11 is 0. The van der Waals surface area contributed by atoms with Gasteiger partial charge in [0.25, 0.3) is 0 Å². The van der Waals surface area contributed by atoms with Gasteiger partial charge in [-0.3, -0.25) is 9.78 Å². The second-order valence-electron chi connectivity index (χ2n) is 10.8. The van der Waals surface area contributed by atoms with E-state index >= 15 is 0 Å². The number of benzene rings is 3. The Kier molecular flexibility index (Phi) is 8.68. The van der Waals surface area contributed by atoms with E-state index in [1.54, 1.807) is 0 Å². The van der Waals surface area contributed by atoms with Crippen molar-refractivity contribution in [2.75, 3.05) is 0 Å². The number of hydrogen-bond acceptors (Lipinski definition) is 4. The Morgan fingerprint density at radius 1 is 0.905 bits per heavy atom. The van der Waals surface area contributed by atoms with Crippen molar-refractivity contribution < 1.29 is 34.4 Å². The maximum absolute atomic E-state index is 11.7. The normalized spacial score (nSPS) is 12.3. The molecule has 42 heavy (non-hydrogen) atoms. The van der Waals surface area contributed by atoms with Gasteiger partial charge in [-0.2, -0.15) is 0 Å². The Bertz CT molecular complexity index is 2040. The Morgan fingerprint density at radius 2 is 1.60 bits per heavy atom. The molecule has 0 bridgehead atoms. The molecule has 0 aliphatic heterocycles. The van der Waals surface area contributed by atoms with Gasteiger partial charge in [0.1, 0.15) is 5.58 Å². The number of carbonyl (C=O) groups excluding carboxylic acids is 1. The van der Waals surface area contributed by atoms with Gasteiger partial charge < -0.3 is 13.9 Å². The van der Waals surface area contributed by atoms with Gasteiger partial charge in [0.15, 0.2) is 11.4 Å². The quantitative estimate of drug-likeness (QED) is 0.0582. The second-order valence-corrected chi connectivity index (χ2v) is 10.8. The molecule has 5 nitrogen and oxygen atoms in total. The van der Waals surface area contributed by atoms with Gasteiger partial charge in [0.2, 0.25) is 0 Å². The average molecular weight is 736 g/mol. The van der Waals surface area contributed by atoms with Gasteiger partial charge in [-0.05, 0) is 43.9 Å². The zero-order chi connectivity index (χ0) is 28.7. The molecule has 6 heteroatoms. The molecule has 0 amide bonds. The molecule has 217 valence electrons. The number of fused-ring (bicyclic) bond motifs is 4. The van der Waals surface area contributed by atoms with E-state index in [-0.39, 0.29) is 43.5 Å². The largest absolute Gasteiger partial charge is 0.512 e. The van der Waals surface area contributed by atoms with Crippen molar-refractivity contribution in [3.63, 3.8) is 0 Å².